The molecular formula is C12H15NO5. The van der Waals surface area contributed by atoms with Gasteiger partial charge in [0.1, 0.15) is 11.8 Å². The second-order valence-electron chi connectivity index (χ2n) is 3.83. The molecule has 1 rings (SSSR count). The number of carbonyl (C=O) groups is 2. The molecule has 0 aliphatic rings. The zero-order valence-electron chi connectivity index (χ0n) is 10.1. The van der Waals surface area contributed by atoms with E-state index >= 15 is 0 Å². The number of carbonyl (C=O) groups excluding carboxylic acids is 1. The van der Waals surface area contributed by atoms with Crippen LogP contribution in [0.25, 0.3) is 0 Å². The van der Waals surface area contributed by atoms with Crippen LogP contribution in [0.4, 0.5) is 5.69 Å². The quantitative estimate of drug-likeness (QED) is 0.660. The number of nitrogens with one attached hydrogen (secondary N) is 1. The van der Waals surface area contributed by atoms with Crippen LogP contribution in [0, 0.1) is 0 Å². The molecule has 0 aliphatic carbocycles. The summed E-state index contributed by atoms with van der Waals surface area (Å²) in [5, 5.41) is 21.1. The summed E-state index contributed by atoms with van der Waals surface area (Å²) in [7, 11) is 1.39. The third-order valence-corrected chi connectivity index (χ3v) is 2.31. The second kappa shape index (κ2) is 5.90. The van der Waals surface area contributed by atoms with E-state index in [9.17, 15) is 14.7 Å². The van der Waals surface area contributed by atoms with E-state index in [1.165, 1.54) is 32.2 Å². The van der Waals surface area contributed by atoms with Crippen LogP contribution >= 0.6 is 0 Å². The van der Waals surface area contributed by atoms with Crippen LogP contribution in [0.1, 0.15) is 13.3 Å². The minimum absolute atomic E-state index is 0.0403. The van der Waals surface area contributed by atoms with Gasteiger partial charge in [-0.2, -0.15) is 0 Å². The number of Topliss-reactive ketones (excluding diaryl/α,β-unsaturated/α-hetero) is 1. The molecule has 0 aromatic heterocycles. The van der Waals surface area contributed by atoms with E-state index in [4.69, 9.17) is 9.84 Å². The molecular weight excluding hydrogens is 238 g/mol. The van der Waals surface area contributed by atoms with Crippen molar-refractivity contribution in [2.24, 2.45) is 0 Å². The number of phenols is 1. The minimum Gasteiger partial charge on any atom is -0.504 e. The Bertz CT molecular complexity index is 458. The number of carboxylic acids is 1. The van der Waals surface area contributed by atoms with Crippen molar-refractivity contribution in [3.8, 4) is 11.5 Å². The number of hydrogen-bond acceptors (Lipinski definition) is 5. The number of anilines is 1. The van der Waals surface area contributed by atoms with Crippen LogP contribution in [-0.2, 0) is 9.59 Å². The SMILES string of the molecule is COc1cc(N[C@@H](CC(C)=O)C(=O)O)ccc1O. The number of rotatable bonds is 6. The summed E-state index contributed by atoms with van der Waals surface area (Å²) >= 11 is 0. The Labute approximate surface area is 104 Å². The van der Waals surface area contributed by atoms with Gasteiger partial charge in [-0.3, -0.25) is 4.79 Å². The lowest BCUT2D eigenvalue weighted by molar-refractivity contribution is -0.139. The maximum Gasteiger partial charge on any atom is 0.326 e. The summed E-state index contributed by atoms with van der Waals surface area (Å²) in [6.45, 7) is 1.33. The highest BCUT2D eigenvalue weighted by Gasteiger charge is 2.19. The Morgan fingerprint density at radius 2 is 2.11 bits per heavy atom. The molecule has 18 heavy (non-hydrogen) atoms. The number of aromatic hydroxyl groups is 1. The number of benzene rings is 1. The molecule has 0 spiro atoms. The molecule has 0 unspecified atom stereocenters. The highest BCUT2D eigenvalue weighted by Crippen LogP contribution is 2.29. The van der Waals surface area contributed by atoms with E-state index < -0.39 is 12.0 Å². The van der Waals surface area contributed by atoms with E-state index in [1.54, 1.807) is 0 Å². The molecule has 0 amide bonds. The fourth-order valence-corrected chi connectivity index (χ4v) is 1.46. The zero-order chi connectivity index (χ0) is 13.7. The predicted molar refractivity (Wildman–Crippen MR) is 65.0 cm³/mol. The van der Waals surface area contributed by atoms with Gasteiger partial charge in [-0.25, -0.2) is 4.79 Å². The summed E-state index contributed by atoms with van der Waals surface area (Å²) in [6.07, 6.45) is -0.113. The smallest absolute Gasteiger partial charge is 0.326 e. The normalized spacial score (nSPS) is 11.7. The van der Waals surface area contributed by atoms with Crippen LogP contribution in [0.5, 0.6) is 11.5 Å². The molecule has 6 heteroatoms. The number of ether oxygens (including phenoxy) is 1. The molecule has 1 atom stereocenters. The largest absolute Gasteiger partial charge is 0.504 e. The standard InChI is InChI=1S/C12H15NO5/c1-7(14)5-9(12(16)17)13-8-3-4-10(15)11(6-8)18-2/h3-4,6,9,13,15H,5H2,1-2H3,(H,16,17)/t9-/m0/s1. The van der Waals surface area contributed by atoms with E-state index in [0.717, 1.165) is 0 Å². The van der Waals surface area contributed by atoms with Gasteiger partial charge in [0.2, 0.25) is 0 Å². The lowest BCUT2D eigenvalue weighted by Gasteiger charge is -2.15. The van der Waals surface area contributed by atoms with Crippen LogP contribution in [-0.4, -0.2) is 35.1 Å². The number of methoxy groups -OCH3 is 1. The van der Waals surface area contributed by atoms with Crippen molar-refractivity contribution in [3.05, 3.63) is 18.2 Å². The van der Waals surface area contributed by atoms with Gasteiger partial charge in [0.05, 0.1) is 7.11 Å². The molecule has 1 aromatic rings. The monoisotopic (exact) mass is 253 g/mol. The Morgan fingerprint density at radius 1 is 1.44 bits per heavy atom. The first-order chi connectivity index (χ1) is 8.43. The van der Waals surface area contributed by atoms with Crippen molar-refractivity contribution in [2.45, 2.75) is 19.4 Å². The van der Waals surface area contributed by atoms with Gasteiger partial charge in [0.25, 0.3) is 0 Å². The first kappa shape index (κ1) is 13.8. The topological polar surface area (TPSA) is 95.9 Å². The number of ketones is 1. The maximum atomic E-state index is 11.0. The average molecular weight is 253 g/mol. The number of aliphatic carboxylic acids is 1. The third-order valence-electron chi connectivity index (χ3n) is 2.31. The fourth-order valence-electron chi connectivity index (χ4n) is 1.46. The van der Waals surface area contributed by atoms with Gasteiger partial charge in [-0.05, 0) is 19.1 Å². The molecule has 0 heterocycles. The highest BCUT2D eigenvalue weighted by atomic mass is 16.5. The van der Waals surface area contributed by atoms with Gasteiger partial charge in [0, 0.05) is 18.2 Å². The van der Waals surface area contributed by atoms with Gasteiger partial charge < -0.3 is 20.3 Å². The molecule has 6 nitrogen and oxygen atoms in total. The molecule has 0 aliphatic heterocycles. The first-order valence-electron chi connectivity index (χ1n) is 5.30. The van der Waals surface area contributed by atoms with Crippen LogP contribution in [0.2, 0.25) is 0 Å². The zero-order valence-corrected chi connectivity index (χ0v) is 10.1. The summed E-state index contributed by atoms with van der Waals surface area (Å²) in [4.78, 5) is 21.9. The second-order valence-corrected chi connectivity index (χ2v) is 3.83. The minimum atomic E-state index is -1.11. The molecule has 0 bridgehead atoms. The van der Waals surface area contributed by atoms with E-state index in [2.05, 4.69) is 5.32 Å². The Hall–Kier alpha value is -2.24. The van der Waals surface area contributed by atoms with Crippen molar-refractivity contribution in [1.29, 1.82) is 0 Å². The van der Waals surface area contributed by atoms with Crippen LogP contribution in [0.15, 0.2) is 18.2 Å². The molecule has 1 aromatic carbocycles. The van der Waals surface area contributed by atoms with Crippen molar-refractivity contribution >= 4 is 17.4 Å². The summed E-state index contributed by atoms with van der Waals surface area (Å²) in [6, 6.07) is 3.35. The first-order valence-corrected chi connectivity index (χ1v) is 5.30. The summed E-state index contributed by atoms with van der Waals surface area (Å²) in [5.74, 6) is -1.15. The summed E-state index contributed by atoms with van der Waals surface area (Å²) in [5.41, 5.74) is 0.457. The van der Waals surface area contributed by atoms with Crippen molar-refractivity contribution in [3.63, 3.8) is 0 Å². The Kier molecular flexibility index (Phi) is 4.53. The van der Waals surface area contributed by atoms with Crippen molar-refractivity contribution in [2.75, 3.05) is 12.4 Å². The molecule has 0 saturated carbocycles. The van der Waals surface area contributed by atoms with Crippen molar-refractivity contribution < 1.29 is 24.5 Å². The molecule has 0 saturated heterocycles. The van der Waals surface area contributed by atoms with Crippen LogP contribution < -0.4 is 10.1 Å². The predicted octanol–water partition coefficient (Wildman–Crippen LogP) is 1.24. The fraction of sp³-hybridized carbons (Fsp3) is 0.333. The molecule has 98 valence electrons. The maximum absolute atomic E-state index is 11.0. The summed E-state index contributed by atoms with van der Waals surface area (Å²) < 4.78 is 4.90. The number of phenolic OH excluding ortho intramolecular Hbond substituents is 1. The number of hydrogen-bond donors (Lipinski definition) is 3. The van der Waals surface area contributed by atoms with Gasteiger partial charge in [0.15, 0.2) is 11.5 Å². The lowest BCUT2D eigenvalue weighted by atomic mass is 10.1. The van der Waals surface area contributed by atoms with E-state index in [0.29, 0.717) is 5.69 Å². The Morgan fingerprint density at radius 3 is 2.61 bits per heavy atom. The number of carboxylic acid groups (broad SMARTS) is 1. The highest BCUT2D eigenvalue weighted by molar-refractivity contribution is 5.86. The van der Waals surface area contributed by atoms with Crippen LogP contribution in [0.3, 0.4) is 0 Å². The van der Waals surface area contributed by atoms with Gasteiger partial charge >= 0.3 is 5.97 Å². The molecule has 0 fully saturated rings. The third kappa shape index (κ3) is 3.65. The van der Waals surface area contributed by atoms with Gasteiger partial charge in [-0.15, -0.1) is 0 Å². The van der Waals surface area contributed by atoms with Crippen molar-refractivity contribution in [1.82, 2.24) is 0 Å². The van der Waals surface area contributed by atoms with E-state index in [1.807, 2.05) is 0 Å². The Balaban J connectivity index is 2.87. The average Bonchev–Trinajstić information content (AvgIpc) is 2.29. The molecule has 0 radical (unpaired) electrons. The lowest BCUT2D eigenvalue weighted by Crippen LogP contribution is -2.31. The molecule has 3 N–H and O–H groups in total. The van der Waals surface area contributed by atoms with E-state index in [-0.39, 0.29) is 23.7 Å². The van der Waals surface area contributed by atoms with Gasteiger partial charge in [-0.1, -0.05) is 0 Å².